The number of aliphatic carboxylic acids is 1. The Hall–Kier alpha value is -0.640. The number of alkyl halides is 1. The van der Waals surface area contributed by atoms with E-state index in [1.807, 2.05) is 0 Å². The van der Waals surface area contributed by atoms with Crippen molar-refractivity contribution in [1.82, 2.24) is 0 Å². The van der Waals surface area contributed by atoms with Crippen LogP contribution < -0.4 is 0 Å². The van der Waals surface area contributed by atoms with E-state index in [9.17, 15) is 9.18 Å². The Balaban J connectivity index is 2.48. The Kier molecular flexibility index (Phi) is 1.20. The van der Waals surface area contributed by atoms with Gasteiger partial charge in [0.2, 0.25) is 0 Å². The molecule has 2 N–H and O–H groups in total. The monoisotopic (exact) mass is 134 g/mol. The minimum absolute atomic E-state index is 0.0428. The molecule has 4 heteroatoms. The van der Waals surface area contributed by atoms with Crippen molar-refractivity contribution in [3.05, 3.63) is 0 Å². The Morgan fingerprint density at radius 3 is 2.56 bits per heavy atom. The van der Waals surface area contributed by atoms with E-state index in [4.69, 9.17) is 10.2 Å². The third kappa shape index (κ3) is 0.896. The van der Waals surface area contributed by atoms with Crippen molar-refractivity contribution in [3.63, 3.8) is 0 Å². The van der Waals surface area contributed by atoms with Crippen molar-refractivity contribution in [3.8, 4) is 0 Å². The second kappa shape index (κ2) is 1.67. The van der Waals surface area contributed by atoms with Crippen LogP contribution in [0, 0.1) is 5.92 Å². The van der Waals surface area contributed by atoms with Crippen molar-refractivity contribution in [2.24, 2.45) is 5.92 Å². The smallest absolute Gasteiger partial charge is 0.309 e. The first-order valence-electron chi connectivity index (χ1n) is 2.63. The average molecular weight is 134 g/mol. The lowest BCUT2D eigenvalue weighted by atomic mass is 10.3. The van der Waals surface area contributed by atoms with E-state index < -0.39 is 24.2 Å². The summed E-state index contributed by atoms with van der Waals surface area (Å²) in [4.78, 5) is 9.98. The lowest BCUT2D eigenvalue weighted by Crippen LogP contribution is -2.15. The standard InChI is InChI=1S/C5H7FO3/c6-5(2-7)1-3(5)4(8)9/h3,7H,1-2H2,(H,8,9). The highest BCUT2D eigenvalue weighted by Gasteiger charge is 2.59. The zero-order valence-corrected chi connectivity index (χ0v) is 4.67. The second-order valence-electron chi connectivity index (χ2n) is 2.29. The highest BCUT2D eigenvalue weighted by molar-refractivity contribution is 5.75. The van der Waals surface area contributed by atoms with Gasteiger partial charge in [0.05, 0.1) is 12.5 Å². The second-order valence-corrected chi connectivity index (χ2v) is 2.29. The highest BCUT2D eigenvalue weighted by Crippen LogP contribution is 2.46. The number of rotatable bonds is 2. The highest BCUT2D eigenvalue weighted by atomic mass is 19.1. The minimum Gasteiger partial charge on any atom is -0.481 e. The number of halogens is 1. The van der Waals surface area contributed by atoms with E-state index in [0.29, 0.717) is 0 Å². The van der Waals surface area contributed by atoms with E-state index in [0.717, 1.165) is 0 Å². The van der Waals surface area contributed by atoms with Gasteiger partial charge in [0.1, 0.15) is 5.67 Å². The van der Waals surface area contributed by atoms with Gasteiger partial charge in [-0.15, -0.1) is 0 Å². The first-order valence-corrected chi connectivity index (χ1v) is 2.63. The summed E-state index contributed by atoms with van der Waals surface area (Å²) in [6, 6.07) is 0. The maximum Gasteiger partial charge on any atom is 0.309 e. The number of hydrogen-bond donors (Lipinski definition) is 2. The molecule has 0 bridgehead atoms. The van der Waals surface area contributed by atoms with Crippen LogP contribution in [0.1, 0.15) is 6.42 Å². The van der Waals surface area contributed by atoms with E-state index in [1.165, 1.54) is 0 Å². The molecule has 0 aromatic carbocycles. The molecule has 0 amide bonds. The molecule has 3 nitrogen and oxygen atoms in total. The van der Waals surface area contributed by atoms with Crippen molar-refractivity contribution in [1.29, 1.82) is 0 Å². The maximum atomic E-state index is 12.5. The van der Waals surface area contributed by atoms with E-state index >= 15 is 0 Å². The van der Waals surface area contributed by atoms with Gasteiger partial charge in [0.25, 0.3) is 0 Å². The summed E-state index contributed by atoms with van der Waals surface area (Å²) >= 11 is 0. The molecule has 1 fully saturated rings. The molecule has 1 rings (SSSR count). The van der Waals surface area contributed by atoms with Crippen LogP contribution >= 0.6 is 0 Å². The minimum atomic E-state index is -1.81. The fourth-order valence-corrected chi connectivity index (χ4v) is 0.764. The Labute approximate surface area is 51.1 Å². The van der Waals surface area contributed by atoms with Gasteiger partial charge in [-0.1, -0.05) is 0 Å². The molecule has 1 aliphatic rings. The van der Waals surface area contributed by atoms with Crippen LogP contribution in [0.2, 0.25) is 0 Å². The molecule has 0 radical (unpaired) electrons. The molecule has 0 aromatic rings. The molecule has 52 valence electrons. The summed E-state index contributed by atoms with van der Waals surface area (Å²) in [6.07, 6.45) is -0.0428. The fourth-order valence-electron chi connectivity index (χ4n) is 0.764. The summed E-state index contributed by atoms with van der Waals surface area (Å²) < 4.78 is 12.5. The molecule has 0 aromatic heterocycles. The predicted octanol–water partition coefficient (Wildman–Crippen LogP) is -0.208. The first kappa shape index (κ1) is 6.48. The summed E-state index contributed by atoms with van der Waals surface area (Å²) in [6.45, 7) is -0.677. The van der Waals surface area contributed by atoms with E-state index in [1.54, 1.807) is 0 Å². The van der Waals surface area contributed by atoms with Crippen molar-refractivity contribution in [2.45, 2.75) is 12.1 Å². The van der Waals surface area contributed by atoms with Crippen LogP contribution in [-0.2, 0) is 4.79 Å². The summed E-state index contributed by atoms with van der Waals surface area (Å²) in [7, 11) is 0. The number of carboxylic acids is 1. The molecule has 0 spiro atoms. The summed E-state index contributed by atoms with van der Waals surface area (Å²) in [5.41, 5.74) is -1.81. The maximum absolute atomic E-state index is 12.5. The SMILES string of the molecule is O=C(O)C1CC1(F)CO. The molecule has 2 atom stereocenters. The third-order valence-electron chi connectivity index (χ3n) is 1.57. The van der Waals surface area contributed by atoms with Crippen LogP contribution in [0.5, 0.6) is 0 Å². The van der Waals surface area contributed by atoms with Crippen LogP contribution in [0.3, 0.4) is 0 Å². The van der Waals surface area contributed by atoms with Crippen molar-refractivity contribution in [2.75, 3.05) is 6.61 Å². The first-order chi connectivity index (χ1) is 4.10. The number of hydrogen-bond acceptors (Lipinski definition) is 2. The molecule has 1 aliphatic carbocycles. The quantitative estimate of drug-likeness (QED) is 0.549. The van der Waals surface area contributed by atoms with Crippen molar-refractivity contribution >= 4 is 5.97 Å². The van der Waals surface area contributed by atoms with Crippen LogP contribution in [0.15, 0.2) is 0 Å². The van der Waals surface area contributed by atoms with Crippen LogP contribution in [0.4, 0.5) is 4.39 Å². The van der Waals surface area contributed by atoms with E-state index in [2.05, 4.69) is 0 Å². The van der Waals surface area contributed by atoms with Gasteiger partial charge in [-0.2, -0.15) is 0 Å². The third-order valence-corrected chi connectivity index (χ3v) is 1.57. The van der Waals surface area contributed by atoms with Gasteiger partial charge in [0.15, 0.2) is 0 Å². The Bertz CT molecular complexity index is 147. The van der Waals surface area contributed by atoms with Gasteiger partial charge < -0.3 is 10.2 Å². The predicted molar refractivity (Wildman–Crippen MR) is 26.7 cm³/mol. The molecular formula is C5H7FO3. The van der Waals surface area contributed by atoms with Gasteiger partial charge in [-0.3, -0.25) is 4.79 Å². The number of aliphatic hydroxyl groups is 1. The number of carboxylic acid groups (broad SMARTS) is 1. The molecule has 2 unspecified atom stereocenters. The molecule has 0 saturated heterocycles. The molecule has 0 aliphatic heterocycles. The summed E-state index contributed by atoms with van der Waals surface area (Å²) in [5.74, 6) is -2.13. The van der Waals surface area contributed by atoms with Gasteiger partial charge in [-0.05, 0) is 0 Å². The lowest BCUT2D eigenvalue weighted by Gasteiger charge is -1.96. The molecule has 9 heavy (non-hydrogen) atoms. The van der Waals surface area contributed by atoms with Crippen LogP contribution in [-0.4, -0.2) is 28.5 Å². The van der Waals surface area contributed by atoms with E-state index in [-0.39, 0.29) is 6.42 Å². The average Bonchev–Trinajstić information content (AvgIpc) is 2.44. The Morgan fingerprint density at radius 1 is 1.89 bits per heavy atom. The Morgan fingerprint density at radius 2 is 2.44 bits per heavy atom. The largest absolute Gasteiger partial charge is 0.481 e. The van der Waals surface area contributed by atoms with Crippen molar-refractivity contribution < 1.29 is 19.4 Å². The summed E-state index contributed by atoms with van der Waals surface area (Å²) in [5, 5.41) is 16.4. The van der Waals surface area contributed by atoms with Gasteiger partial charge in [-0.25, -0.2) is 4.39 Å². The topological polar surface area (TPSA) is 57.5 Å². The molecular weight excluding hydrogens is 127 g/mol. The zero-order valence-electron chi connectivity index (χ0n) is 4.67. The molecule has 0 heterocycles. The number of carbonyl (C=O) groups is 1. The fraction of sp³-hybridized carbons (Fsp3) is 0.800. The number of aliphatic hydroxyl groups excluding tert-OH is 1. The van der Waals surface area contributed by atoms with Gasteiger partial charge >= 0.3 is 5.97 Å². The zero-order chi connectivity index (χ0) is 7.07. The van der Waals surface area contributed by atoms with Gasteiger partial charge in [0, 0.05) is 6.42 Å². The van der Waals surface area contributed by atoms with Crippen LogP contribution in [0.25, 0.3) is 0 Å². The molecule has 1 saturated carbocycles. The lowest BCUT2D eigenvalue weighted by molar-refractivity contribution is -0.139. The normalized spacial score (nSPS) is 40.4.